The Kier molecular flexibility index (Phi) is 3.77. The number of carbonyl (C=O) groups is 1. The van der Waals surface area contributed by atoms with Crippen LogP contribution in [0.4, 0.5) is 0 Å². The Bertz CT molecular complexity index is 944. The van der Waals surface area contributed by atoms with Gasteiger partial charge in [0.05, 0.1) is 6.04 Å². The molecule has 1 atom stereocenters. The molecule has 0 radical (unpaired) electrons. The van der Waals surface area contributed by atoms with Crippen LogP contribution >= 0.6 is 0 Å². The van der Waals surface area contributed by atoms with Gasteiger partial charge < -0.3 is 10.1 Å². The zero-order valence-corrected chi connectivity index (χ0v) is 14.2. The van der Waals surface area contributed by atoms with E-state index in [-0.39, 0.29) is 11.9 Å². The van der Waals surface area contributed by atoms with Crippen molar-refractivity contribution in [1.29, 1.82) is 0 Å². The molecule has 0 aliphatic carbocycles. The van der Waals surface area contributed by atoms with E-state index in [1.54, 1.807) is 0 Å². The second kappa shape index (κ2) is 6.10. The van der Waals surface area contributed by atoms with E-state index in [2.05, 4.69) is 5.32 Å². The molecule has 0 unspecified atom stereocenters. The first-order chi connectivity index (χ1) is 12.1. The number of benzene rings is 3. The maximum absolute atomic E-state index is 12.8. The van der Waals surface area contributed by atoms with Gasteiger partial charge in [-0.15, -0.1) is 0 Å². The number of carbonyl (C=O) groups excluding carboxylic acids is 1. The van der Waals surface area contributed by atoms with Crippen LogP contribution in [-0.4, -0.2) is 5.91 Å². The fourth-order valence-corrected chi connectivity index (χ4v) is 3.21. The molecule has 1 aliphatic rings. The summed E-state index contributed by atoms with van der Waals surface area (Å²) in [6.45, 7) is 4.03. The lowest BCUT2D eigenvalue weighted by Crippen LogP contribution is -2.31. The van der Waals surface area contributed by atoms with Gasteiger partial charge in [0.15, 0.2) is 0 Å². The highest BCUT2D eigenvalue weighted by molar-refractivity contribution is 5.95. The van der Waals surface area contributed by atoms with E-state index < -0.39 is 0 Å². The number of para-hydroxylation sites is 2. The van der Waals surface area contributed by atoms with Crippen LogP contribution in [0.25, 0.3) is 0 Å². The molecule has 1 amide bonds. The molecule has 3 nitrogen and oxygen atoms in total. The van der Waals surface area contributed by atoms with Gasteiger partial charge in [-0.1, -0.05) is 54.1 Å². The average molecular weight is 329 g/mol. The Morgan fingerprint density at radius 2 is 1.60 bits per heavy atom. The molecule has 124 valence electrons. The molecule has 0 saturated carbocycles. The van der Waals surface area contributed by atoms with Crippen molar-refractivity contribution in [3.8, 4) is 11.5 Å². The fraction of sp³-hybridized carbons (Fsp3) is 0.136. The molecule has 0 fully saturated rings. The summed E-state index contributed by atoms with van der Waals surface area (Å²) in [7, 11) is 0. The first-order valence-electron chi connectivity index (χ1n) is 8.37. The molecule has 4 rings (SSSR count). The highest BCUT2D eigenvalue weighted by atomic mass is 16.5. The summed E-state index contributed by atoms with van der Waals surface area (Å²) < 4.78 is 6.09. The van der Waals surface area contributed by atoms with Crippen molar-refractivity contribution in [3.63, 3.8) is 0 Å². The smallest absolute Gasteiger partial charge is 0.252 e. The third-order valence-corrected chi connectivity index (χ3v) is 4.58. The topological polar surface area (TPSA) is 38.3 Å². The van der Waals surface area contributed by atoms with Crippen molar-refractivity contribution in [2.45, 2.75) is 19.9 Å². The van der Waals surface area contributed by atoms with Gasteiger partial charge in [0.1, 0.15) is 11.5 Å². The van der Waals surface area contributed by atoms with E-state index in [9.17, 15) is 4.79 Å². The molecular formula is C22H19NO2. The first kappa shape index (κ1) is 15.5. The normalized spacial score (nSPS) is 14.9. The average Bonchev–Trinajstić information content (AvgIpc) is 2.63. The third kappa shape index (κ3) is 2.78. The summed E-state index contributed by atoms with van der Waals surface area (Å²) in [5, 5.41) is 3.18. The summed E-state index contributed by atoms with van der Waals surface area (Å²) in [6.07, 6.45) is 0. The van der Waals surface area contributed by atoms with Crippen LogP contribution in [0.1, 0.15) is 38.7 Å². The maximum Gasteiger partial charge on any atom is 0.252 e. The lowest BCUT2D eigenvalue weighted by atomic mass is 9.92. The Morgan fingerprint density at radius 1 is 0.880 bits per heavy atom. The number of nitrogens with one attached hydrogen (secondary N) is 1. The number of amides is 1. The van der Waals surface area contributed by atoms with Crippen molar-refractivity contribution in [3.05, 3.63) is 94.5 Å². The van der Waals surface area contributed by atoms with Crippen molar-refractivity contribution in [1.82, 2.24) is 5.32 Å². The van der Waals surface area contributed by atoms with E-state index in [1.807, 2.05) is 80.6 Å². The number of rotatable bonds is 2. The van der Waals surface area contributed by atoms with Gasteiger partial charge in [0.2, 0.25) is 0 Å². The molecule has 3 aromatic carbocycles. The van der Waals surface area contributed by atoms with Gasteiger partial charge >= 0.3 is 0 Å². The fourth-order valence-electron chi connectivity index (χ4n) is 3.21. The molecule has 3 aromatic rings. The van der Waals surface area contributed by atoms with E-state index in [0.29, 0.717) is 5.56 Å². The van der Waals surface area contributed by atoms with Crippen LogP contribution < -0.4 is 10.1 Å². The summed E-state index contributed by atoms with van der Waals surface area (Å²) >= 11 is 0. The van der Waals surface area contributed by atoms with Gasteiger partial charge in [0, 0.05) is 16.7 Å². The predicted octanol–water partition coefficient (Wildman–Crippen LogP) is 4.93. The number of ether oxygens (including phenoxy) is 1. The zero-order chi connectivity index (χ0) is 17.4. The lowest BCUT2D eigenvalue weighted by molar-refractivity contribution is 0.0941. The molecular weight excluding hydrogens is 310 g/mol. The second-order valence-electron chi connectivity index (χ2n) is 6.41. The van der Waals surface area contributed by atoms with Crippen molar-refractivity contribution in [2.75, 3.05) is 0 Å². The van der Waals surface area contributed by atoms with Crippen LogP contribution in [-0.2, 0) is 0 Å². The van der Waals surface area contributed by atoms with E-state index in [1.165, 1.54) is 0 Å². The Hall–Kier alpha value is -3.07. The van der Waals surface area contributed by atoms with Crippen LogP contribution in [0.15, 0.2) is 66.7 Å². The van der Waals surface area contributed by atoms with Crippen molar-refractivity contribution >= 4 is 5.91 Å². The molecule has 3 heteroatoms. The van der Waals surface area contributed by atoms with Crippen LogP contribution in [0.2, 0.25) is 0 Å². The summed E-state index contributed by atoms with van der Waals surface area (Å²) in [4.78, 5) is 12.8. The number of fused-ring (bicyclic) bond motifs is 2. The summed E-state index contributed by atoms with van der Waals surface area (Å²) in [5.74, 6) is 1.53. The van der Waals surface area contributed by atoms with E-state index >= 15 is 0 Å². The highest BCUT2D eigenvalue weighted by Crippen LogP contribution is 2.44. The second-order valence-corrected chi connectivity index (χ2v) is 6.41. The molecule has 1 N–H and O–H groups in total. The molecule has 0 bridgehead atoms. The van der Waals surface area contributed by atoms with Crippen molar-refractivity contribution < 1.29 is 9.53 Å². The van der Waals surface area contributed by atoms with Gasteiger partial charge in [0.25, 0.3) is 5.91 Å². The number of hydrogen-bond acceptors (Lipinski definition) is 2. The van der Waals surface area contributed by atoms with Gasteiger partial charge in [-0.25, -0.2) is 0 Å². The van der Waals surface area contributed by atoms with Crippen molar-refractivity contribution in [2.24, 2.45) is 0 Å². The van der Waals surface area contributed by atoms with Crippen LogP contribution in [0.3, 0.4) is 0 Å². The Balaban J connectivity index is 1.75. The van der Waals surface area contributed by atoms with Gasteiger partial charge in [-0.05, 0) is 37.6 Å². The minimum Gasteiger partial charge on any atom is -0.456 e. The SMILES string of the molecule is Cc1ccc(C(=O)N[C@@H]2c3ccccc3Oc3c(C)cccc32)cc1. The molecule has 1 heterocycles. The Morgan fingerprint density at radius 3 is 2.40 bits per heavy atom. The predicted molar refractivity (Wildman–Crippen MR) is 98.2 cm³/mol. The number of aryl methyl sites for hydroxylation is 2. The third-order valence-electron chi connectivity index (χ3n) is 4.58. The molecule has 1 aliphatic heterocycles. The largest absolute Gasteiger partial charge is 0.456 e. The molecule has 0 aromatic heterocycles. The van der Waals surface area contributed by atoms with Crippen LogP contribution in [0, 0.1) is 13.8 Å². The lowest BCUT2D eigenvalue weighted by Gasteiger charge is -2.29. The maximum atomic E-state index is 12.8. The molecule has 25 heavy (non-hydrogen) atoms. The minimum atomic E-state index is -0.228. The standard InChI is InChI=1S/C22H19NO2/c1-14-10-12-16(13-11-14)22(24)23-20-17-7-3-4-9-19(17)25-21-15(2)6-5-8-18(20)21/h3-13,20H,1-2H3,(H,23,24)/t20-/m1/s1. The zero-order valence-electron chi connectivity index (χ0n) is 14.2. The van der Waals surface area contributed by atoms with Crippen LogP contribution in [0.5, 0.6) is 11.5 Å². The van der Waals surface area contributed by atoms with E-state index in [0.717, 1.165) is 33.8 Å². The quantitative estimate of drug-likeness (QED) is 0.724. The molecule has 0 spiro atoms. The minimum absolute atomic E-state index is 0.0887. The monoisotopic (exact) mass is 329 g/mol. The summed E-state index contributed by atoms with van der Waals surface area (Å²) in [6, 6.07) is 21.3. The highest BCUT2D eigenvalue weighted by Gasteiger charge is 2.29. The first-order valence-corrected chi connectivity index (χ1v) is 8.37. The Labute approximate surface area is 147 Å². The number of hydrogen-bond donors (Lipinski definition) is 1. The van der Waals surface area contributed by atoms with Gasteiger partial charge in [-0.3, -0.25) is 4.79 Å². The van der Waals surface area contributed by atoms with E-state index in [4.69, 9.17) is 4.74 Å². The molecule has 0 saturated heterocycles. The van der Waals surface area contributed by atoms with Gasteiger partial charge in [-0.2, -0.15) is 0 Å². The summed E-state index contributed by atoms with van der Waals surface area (Å²) in [5.41, 5.74) is 4.81.